The predicted octanol–water partition coefficient (Wildman–Crippen LogP) is 2.01. The molecule has 1 saturated heterocycles. The highest BCUT2D eigenvalue weighted by Gasteiger charge is 2.73. The Morgan fingerprint density at radius 2 is 2.28 bits per heavy atom. The first-order valence-electron chi connectivity index (χ1n) is 6.62. The molecule has 3 nitrogen and oxygen atoms in total. The highest BCUT2D eigenvalue weighted by Crippen LogP contribution is 2.63. The molecule has 0 spiro atoms. The van der Waals surface area contributed by atoms with Gasteiger partial charge >= 0.3 is 0 Å². The van der Waals surface area contributed by atoms with E-state index in [1.165, 1.54) is 0 Å². The number of hydrogen-bond donors (Lipinski definition) is 1. The van der Waals surface area contributed by atoms with Gasteiger partial charge in [-0.3, -0.25) is 4.79 Å². The number of carbonyl (C=O) groups excluding carboxylic acids is 1. The zero-order chi connectivity index (χ0) is 13.3. The maximum atomic E-state index is 12.3. The molecule has 0 aromatic carbocycles. The van der Waals surface area contributed by atoms with Crippen molar-refractivity contribution < 1.29 is 14.6 Å². The fourth-order valence-corrected chi connectivity index (χ4v) is 3.83. The van der Waals surface area contributed by atoms with Gasteiger partial charge in [-0.1, -0.05) is 26.0 Å². The van der Waals surface area contributed by atoms with Crippen molar-refractivity contribution in [1.82, 2.24) is 0 Å². The van der Waals surface area contributed by atoms with E-state index in [4.69, 9.17) is 4.74 Å². The van der Waals surface area contributed by atoms with Crippen molar-refractivity contribution in [3.8, 4) is 0 Å². The lowest BCUT2D eigenvalue weighted by atomic mass is 9.57. The number of ketones is 1. The lowest BCUT2D eigenvalue weighted by Gasteiger charge is -2.46. The zero-order valence-corrected chi connectivity index (χ0v) is 11.2. The van der Waals surface area contributed by atoms with E-state index in [2.05, 4.69) is 20.4 Å². The molecule has 1 unspecified atom stereocenters. The number of rotatable bonds is 1. The van der Waals surface area contributed by atoms with Crippen LogP contribution < -0.4 is 0 Å². The van der Waals surface area contributed by atoms with Crippen LogP contribution >= 0.6 is 0 Å². The lowest BCUT2D eigenvalue weighted by Crippen LogP contribution is -2.50. The Balaban J connectivity index is 2.10. The molecular weight excluding hydrogens is 228 g/mol. The van der Waals surface area contributed by atoms with Gasteiger partial charge in [0.05, 0.1) is 6.10 Å². The summed E-state index contributed by atoms with van der Waals surface area (Å²) in [7, 11) is 0. The van der Waals surface area contributed by atoms with Crippen LogP contribution in [0.1, 0.15) is 33.6 Å². The van der Waals surface area contributed by atoms with E-state index < -0.39 is 5.60 Å². The Morgan fingerprint density at radius 1 is 1.61 bits per heavy atom. The number of hydrogen-bond acceptors (Lipinski definition) is 3. The van der Waals surface area contributed by atoms with Gasteiger partial charge in [0.15, 0.2) is 11.4 Å². The standard InChI is InChI=1S/C15H20O3/c1-8(2)15-12(17)7-10-5-6-11(16)9(3)14(10,4)13(15)18-15/h7,9,11,13,16H,1,5-6H2,2-4H3/t9-,11+,13+,14+,15?/m0/s1. The monoisotopic (exact) mass is 248 g/mol. The van der Waals surface area contributed by atoms with Crippen LogP contribution in [0.15, 0.2) is 23.8 Å². The van der Waals surface area contributed by atoms with Crippen LogP contribution in [-0.2, 0) is 9.53 Å². The van der Waals surface area contributed by atoms with Crippen LogP contribution in [0.4, 0.5) is 0 Å². The van der Waals surface area contributed by atoms with Crippen LogP contribution in [0.25, 0.3) is 0 Å². The van der Waals surface area contributed by atoms with Crippen LogP contribution in [-0.4, -0.2) is 28.7 Å². The molecule has 2 aliphatic carbocycles. The molecule has 0 bridgehead atoms. The predicted molar refractivity (Wildman–Crippen MR) is 68.0 cm³/mol. The Kier molecular flexibility index (Phi) is 2.25. The molecule has 1 aliphatic heterocycles. The van der Waals surface area contributed by atoms with Crippen LogP contribution in [0.5, 0.6) is 0 Å². The Morgan fingerprint density at radius 3 is 2.89 bits per heavy atom. The molecule has 1 N–H and O–H groups in total. The van der Waals surface area contributed by atoms with E-state index in [0.717, 1.165) is 24.0 Å². The van der Waals surface area contributed by atoms with E-state index in [1.54, 1.807) is 6.08 Å². The molecule has 98 valence electrons. The van der Waals surface area contributed by atoms with Gasteiger partial charge in [-0.05, 0) is 37.3 Å². The molecule has 1 heterocycles. The Hall–Kier alpha value is -0.930. The minimum absolute atomic E-state index is 0.0380. The van der Waals surface area contributed by atoms with Crippen molar-refractivity contribution in [3.05, 3.63) is 23.8 Å². The van der Waals surface area contributed by atoms with Gasteiger partial charge in [0.2, 0.25) is 0 Å². The second kappa shape index (κ2) is 3.34. The van der Waals surface area contributed by atoms with Gasteiger partial charge < -0.3 is 9.84 Å². The summed E-state index contributed by atoms with van der Waals surface area (Å²) in [6.45, 7) is 9.94. The number of carbonyl (C=O) groups is 1. The summed E-state index contributed by atoms with van der Waals surface area (Å²) in [5.74, 6) is 0.146. The topological polar surface area (TPSA) is 49.8 Å². The molecule has 3 rings (SSSR count). The minimum Gasteiger partial charge on any atom is -0.393 e. The highest BCUT2D eigenvalue weighted by atomic mass is 16.6. The van der Waals surface area contributed by atoms with Crippen LogP contribution in [0.3, 0.4) is 0 Å². The quantitative estimate of drug-likeness (QED) is 0.570. The highest BCUT2D eigenvalue weighted by molar-refractivity contribution is 6.04. The van der Waals surface area contributed by atoms with Crippen LogP contribution in [0.2, 0.25) is 0 Å². The molecule has 18 heavy (non-hydrogen) atoms. The third-order valence-electron chi connectivity index (χ3n) is 5.39. The summed E-state index contributed by atoms with van der Waals surface area (Å²) in [4.78, 5) is 12.3. The van der Waals surface area contributed by atoms with E-state index >= 15 is 0 Å². The SMILES string of the molecule is C=C(C)C12O[C@@H]1[C@@]1(C)C(=CC2=O)CC[C@@H](O)[C@@H]1C. The third kappa shape index (κ3) is 1.14. The maximum absolute atomic E-state index is 12.3. The van der Waals surface area contributed by atoms with Gasteiger partial charge in [-0.2, -0.15) is 0 Å². The molecule has 0 radical (unpaired) electrons. The van der Waals surface area contributed by atoms with Crippen molar-refractivity contribution in [2.75, 3.05) is 0 Å². The van der Waals surface area contributed by atoms with E-state index in [0.29, 0.717) is 0 Å². The summed E-state index contributed by atoms with van der Waals surface area (Å²) >= 11 is 0. The van der Waals surface area contributed by atoms with Crippen molar-refractivity contribution in [1.29, 1.82) is 0 Å². The lowest BCUT2D eigenvalue weighted by molar-refractivity contribution is -0.118. The molecule has 3 heteroatoms. The minimum atomic E-state index is -0.802. The first-order valence-corrected chi connectivity index (χ1v) is 6.62. The molecule has 5 atom stereocenters. The maximum Gasteiger partial charge on any atom is 0.194 e. The molecule has 1 saturated carbocycles. The number of aliphatic hydroxyl groups is 1. The number of ether oxygens (including phenoxy) is 1. The molecule has 2 fully saturated rings. The molecule has 0 aromatic rings. The van der Waals surface area contributed by atoms with Gasteiger partial charge in [0, 0.05) is 5.41 Å². The van der Waals surface area contributed by atoms with Crippen molar-refractivity contribution in [3.63, 3.8) is 0 Å². The summed E-state index contributed by atoms with van der Waals surface area (Å²) in [6, 6.07) is 0. The average molecular weight is 248 g/mol. The smallest absolute Gasteiger partial charge is 0.194 e. The van der Waals surface area contributed by atoms with E-state index in [-0.39, 0.29) is 29.3 Å². The molecule has 0 aromatic heterocycles. The van der Waals surface area contributed by atoms with E-state index in [9.17, 15) is 9.90 Å². The Labute approximate surface area is 108 Å². The second-order valence-electron chi connectivity index (χ2n) is 6.23. The summed E-state index contributed by atoms with van der Waals surface area (Å²) in [5, 5.41) is 10.1. The second-order valence-corrected chi connectivity index (χ2v) is 6.23. The molecule has 3 aliphatic rings. The fraction of sp³-hybridized carbons (Fsp3) is 0.667. The van der Waals surface area contributed by atoms with Gasteiger partial charge in [0.25, 0.3) is 0 Å². The third-order valence-corrected chi connectivity index (χ3v) is 5.39. The summed E-state index contributed by atoms with van der Waals surface area (Å²) in [5.41, 5.74) is 0.889. The van der Waals surface area contributed by atoms with Crippen molar-refractivity contribution in [2.24, 2.45) is 11.3 Å². The van der Waals surface area contributed by atoms with Gasteiger partial charge in [-0.15, -0.1) is 0 Å². The van der Waals surface area contributed by atoms with Crippen LogP contribution in [0, 0.1) is 11.3 Å². The van der Waals surface area contributed by atoms with Gasteiger partial charge in [0.1, 0.15) is 6.10 Å². The average Bonchev–Trinajstić information content (AvgIpc) is 3.06. The first kappa shape index (κ1) is 12.1. The first-order chi connectivity index (χ1) is 8.35. The normalized spacial score (nSPS) is 50.1. The van der Waals surface area contributed by atoms with Crippen molar-refractivity contribution >= 4 is 5.78 Å². The fourth-order valence-electron chi connectivity index (χ4n) is 3.83. The number of fused-ring (bicyclic) bond motifs is 3. The van der Waals surface area contributed by atoms with Gasteiger partial charge in [-0.25, -0.2) is 0 Å². The van der Waals surface area contributed by atoms with Crippen molar-refractivity contribution in [2.45, 2.75) is 51.4 Å². The summed E-state index contributed by atoms with van der Waals surface area (Å²) in [6.07, 6.45) is 2.83. The summed E-state index contributed by atoms with van der Waals surface area (Å²) < 4.78 is 5.82. The number of epoxide rings is 1. The zero-order valence-electron chi connectivity index (χ0n) is 11.2. The Bertz CT molecular complexity index is 478. The largest absolute Gasteiger partial charge is 0.393 e. The molecular formula is C15H20O3. The van der Waals surface area contributed by atoms with E-state index in [1.807, 2.05) is 6.92 Å². The molecule has 0 amide bonds. The number of aliphatic hydroxyl groups excluding tert-OH is 1.